The van der Waals surface area contributed by atoms with E-state index in [1.165, 1.54) is 35.2 Å². The Morgan fingerprint density at radius 1 is 1.00 bits per heavy atom. The molecule has 36 heavy (non-hydrogen) atoms. The summed E-state index contributed by atoms with van der Waals surface area (Å²) in [5.74, 6) is -0.0247. The second-order valence-electron chi connectivity index (χ2n) is 8.47. The molecule has 0 radical (unpaired) electrons. The van der Waals surface area contributed by atoms with E-state index < -0.39 is 11.4 Å². The van der Waals surface area contributed by atoms with Crippen LogP contribution in [0.1, 0.15) is 32.9 Å². The fourth-order valence-corrected chi connectivity index (χ4v) is 6.28. The number of halogens is 1. The molecular weight excluding hydrogens is 497 g/mol. The Bertz CT molecular complexity index is 1370. The number of aldehydes is 1. The average molecular weight is 520 g/mol. The Morgan fingerprint density at radius 3 is 2.33 bits per heavy atom. The Balaban J connectivity index is 1.37. The van der Waals surface area contributed by atoms with Gasteiger partial charge < -0.3 is 15.1 Å². The van der Waals surface area contributed by atoms with Crippen molar-refractivity contribution in [1.82, 2.24) is 0 Å². The van der Waals surface area contributed by atoms with Crippen molar-refractivity contribution in [3.05, 3.63) is 106 Å². The van der Waals surface area contributed by atoms with E-state index in [1.807, 2.05) is 35.7 Å². The molecule has 1 aliphatic rings. The SMILES string of the molecule is O=Cc1cc(-c2ccc(N3C(=O)[C@H](SC[C@H](O)c4ccc(F)cc4)[C@H]3c3ccc(O)cc3)cc2)cs1. The number of anilines is 1. The largest absolute Gasteiger partial charge is 0.508 e. The van der Waals surface area contributed by atoms with Crippen LogP contribution < -0.4 is 4.90 Å². The van der Waals surface area contributed by atoms with Gasteiger partial charge in [-0.15, -0.1) is 23.1 Å². The molecule has 4 aromatic rings. The summed E-state index contributed by atoms with van der Waals surface area (Å²) in [5, 5.41) is 21.8. The Labute approximate surface area is 215 Å². The first kappa shape index (κ1) is 24.2. The molecule has 0 saturated carbocycles. The van der Waals surface area contributed by atoms with E-state index in [0.717, 1.165) is 28.7 Å². The number of hydrogen-bond donors (Lipinski definition) is 2. The van der Waals surface area contributed by atoms with Crippen molar-refractivity contribution >= 4 is 41.0 Å². The van der Waals surface area contributed by atoms with Gasteiger partial charge in [0.05, 0.1) is 17.0 Å². The molecule has 0 spiro atoms. The van der Waals surface area contributed by atoms with Crippen LogP contribution in [-0.2, 0) is 4.79 Å². The van der Waals surface area contributed by atoms with Gasteiger partial charge in [0.2, 0.25) is 5.91 Å². The maximum absolute atomic E-state index is 13.3. The number of thiophene rings is 1. The summed E-state index contributed by atoms with van der Waals surface area (Å²) in [7, 11) is 0. The zero-order chi connectivity index (χ0) is 25.2. The highest BCUT2D eigenvalue weighted by atomic mass is 32.2. The third-order valence-corrected chi connectivity index (χ3v) is 8.37. The highest BCUT2D eigenvalue weighted by molar-refractivity contribution is 8.00. The molecule has 5 rings (SSSR count). The van der Waals surface area contributed by atoms with Crippen LogP contribution in [0.2, 0.25) is 0 Å². The van der Waals surface area contributed by atoms with Crippen molar-refractivity contribution in [2.24, 2.45) is 0 Å². The number of aliphatic hydroxyl groups excluding tert-OH is 1. The highest BCUT2D eigenvalue weighted by Crippen LogP contribution is 2.46. The van der Waals surface area contributed by atoms with Gasteiger partial charge >= 0.3 is 0 Å². The summed E-state index contributed by atoms with van der Waals surface area (Å²) in [4.78, 5) is 26.7. The minimum absolute atomic E-state index is 0.0732. The van der Waals surface area contributed by atoms with Crippen LogP contribution in [0.5, 0.6) is 5.75 Å². The molecular formula is C28H22FNO4S2. The minimum atomic E-state index is -0.834. The molecule has 1 aliphatic heterocycles. The van der Waals surface area contributed by atoms with E-state index in [-0.39, 0.29) is 29.3 Å². The molecule has 0 unspecified atom stereocenters. The van der Waals surface area contributed by atoms with E-state index in [0.29, 0.717) is 10.4 Å². The lowest BCUT2D eigenvalue weighted by atomic mass is 9.92. The molecule has 8 heteroatoms. The predicted molar refractivity (Wildman–Crippen MR) is 141 cm³/mol. The number of aromatic hydroxyl groups is 1. The third-order valence-electron chi connectivity index (χ3n) is 6.18. The van der Waals surface area contributed by atoms with Gasteiger partial charge in [-0.2, -0.15) is 0 Å². The van der Waals surface area contributed by atoms with Crippen molar-refractivity contribution < 1.29 is 24.2 Å². The minimum Gasteiger partial charge on any atom is -0.508 e. The smallest absolute Gasteiger partial charge is 0.243 e. The van der Waals surface area contributed by atoms with Gasteiger partial charge in [0.25, 0.3) is 0 Å². The number of aliphatic hydroxyl groups is 1. The van der Waals surface area contributed by atoms with Crippen LogP contribution in [0.25, 0.3) is 11.1 Å². The number of nitrogens with zero attached hydrogens (tertiary/aromatic N) is 1. The standard InChI is InChI=1S/C28H22FNO4S2/c29-21-7-1-18(2-8-21)25(33)16-36-27-26(19-5-11-23(32)12-6-19)30(28(27)34)22-9-3-17(4-10-22)20-13-24(14-31)35-15-20/h1-15,25-27,32-33H,16H2/t25-,26+,27+/m0/s1. The first-order chi connectivity index (χ1) is 17.4. The molecule has 0 bridgehead atoms. The number of benzene rings is 3. The lowest BCUT2D eigenvalue weighted by molar-refractivity contribution is -0.123. The van der Waals surface area contributed by atoms with Gasteiger partial charge in [-0.3, -0.25) is 9.59 Å². The van der Waals surface area contributed by atoms with Crippen LogP contribution in [0, 0.1) is 5.82 Å². The van der Waals surface area contributed by atoms with Gasteiger partial charge in [-0.25, -0.2) is 4.39 Å². The van der Waals surface area contributed by atoms with Crippen LogP contribution >= 0.6 is 23.1 Å². The second kappa shape index (κ2) is 10.3. The average Bonchev–Trinajstić information content (AvgIpc) is 3.38. The highest BCUT2D eigenvalue weighted by Gasteiger charge is 2.49. The summed E-state index contributed by atoms with van der Waals surface area (Å²) in [5.41, 5.74) is 4.10. The topological polar surface area (TPSA) is 77.8 Å². The molecule has 5 nitrogen and oxygen atoms in total. The van der Waals surface area contributed by atoms with Crippen molar-refractivity contribution in [1.29, 1.82) is 0 Å². The monoisotopic (exact) mass is 519 g/mol. The quantitative estimate of drug-likeness (QED) is 0.221. The maximum Gasteiger partial charge on any atom is 0.243 e. The summed E-state index contributed by atoms with van der Waals surface area (Å²) in [6.45, 7) is 0. The molecule has 2 N–H and O–H groups in total. The molecule has 1 fully saturated rings. The molecule has 1 amide bonds. The number of rotatable bonds is 8. The summed E-state index contributed by atoms with van der Waals surface area (Å²) < 4.78 is 13.2. The van der Waals surface area contributed by atoms with E-state index in [4.69, 9.17) is 0 Å². The lowest BCUT2D eigenvalue weighted by Crippen LogP contribution is -2.57. The maximum atomic E-state index is 13.3. The lowest BCUT2D eigenvalue weighted by Gasteiger charge is -2.47. The number of phenols is 1. The number of carbonyl (C=O) groups excluding carboxylic acids is 2. The Kier molecular flexibility index (Phi) is 6.91. The Morgan fingerprint density at radius 2 is 1.69 bits per heavy atom. The van der Waals surface area contributed by atoms with Gasteiger partial charge in [0.1, 0.15) is 16.8 Å². The summed E-state index contributed by atoms with van der Waals surface area (Å²) in [6.07, 6.45) is -0.00647. The van der Waals surface area contributed by atoms with Gasteiger partial charge in [0.15, 0.2) is 6.29 Å². The number of phenolic OH excluding ortho intramolecular Hbond substituents is 1. The fourth-order valence-electron chi connectivity index (χ4n) is 4.26. The van der Waals surface area contributed by atoms with Crippen molar-refractivity contribution in [3.63, 3.8) is 0 Å². The predicted octanol–water partition coefficient (Wildman–Crippen LogP) is 6.00. The van der Waals surface area contributed by atoms with Gasteiger partial charge in [-0.1, -0.05) is 36.4 Å². The van der Waals surface area contributed by atoms with Gasteiger partial charge in [0, 0.05) is 11.4 Å². The normalized spacial score (nSPS) is 18.1. The number of β-lactam (4-membered cyclic amide) rings is 1. The van der Waals surface area contributed by atoms with Crippen LogP contribution in [0.3, 0.4) is 0 Å². The molecule has 1 aromatic heterocycles. The molecule has 3 atom stereocenters. The first-order valence-electron chi connectivity index (χ1n) is 11.3. The van der Waals surface area contributed by atoms with Crippen LogP contribution in [-0.4, -0.2) is 33.4 Å². The fraction of sp³-hybridized carbons (Fsp3) is 0.143. The van der Waals surface area contributed by atoms with Crippen LogP contribution in [0.4, 0.5) is 10.1 Å². The van der Waals surface area contributed by atoms with Crippen LogP contribution in [0.15, 0.2) is 84.2 Å². The third kappa shape index (κ3) is 4.80. The van der Waals surface area contributed by atoms with E-state index in [1.54, 1.807) is 41.3 Å². The molecule has 2 heterocycles. The molecule has 1 saturated heterocycles. The van der Waals surface area contributed by atoms with E-state index >= 15 is 0 Å². The number of amides is 1. The van der Waals surface area contributed by atoms with Crippen molar-refractivity contribution in [2.75, 3.05) is 10.7 Å². The van der Waals surface area contributed by atoms with Crippen molar-refractivity contribution in [2.45, 2.75) is 17.4 Å². The zero-order valence-corrected chi connectivity index (χ0v) is 20.6. The number of thioether (sulfide) groups is 1. The second-order valence-corrected chi connectivity index (χ2v) is 10.6. The molecule has 182 valence electrons. The molecule has 3 aromatic carbocycles. The summed E-state index contributed by atoms with van der Waals surface area (Å²) >= 11 is 2.74. The van der Waals surface area contributed by atoms with E-state index in [2.05, 4.69) is 0 Å². The number of carbonyl (C=O) groups is 2. The zero-order valence-electron chi connectivity index (χ0n) is 19.0. The Hall–Kier alpha value is -3.46. The summed E-state index contributed by atoms with van der Waals surface area (Å²) in [6, 6.07) is 21.6. The van der Waals surface area contributed by atoms with Crippen molar-refractivity contribution in [3.8, 4) is 16.9 Å². The first-order valence-corrected chi connectivity index (χ1v) is 13.2. The number of hydrogen-bond acceptors (Lipinski definition) is 6. The van der Waals surface area contributed by atoms with E-state index in [9.17, 15) is 24.2 Å². The molecule has 0 aliphatic carbocycles. The van der Waals surface area contributed by atoms with Gasteiger partial charge in [-0.05, 0) is 70.1 Å².